The standard InChI is InChI=1S/C4H6O6.K.4Na.5H/c5-1(3(7)8)2(6)4(9)10;;;;;;;;;;/h1-2,5-6H,(H,7,8)(H,9,10);;;;;;;;;;. The SMILES string of the molecule is O=C(O)C(O)C(O)C(=O)O.[KH].[NaH].[NaH].[NaH].[NaH]. The van der Waals surface area contributed by atoms with E-state index in [1.54, 1.807) is 0 Å². The van der Waals surface area contributed by atoms with Crippen molar-refractivity contribution in [3.63, 3.8) is 0 Å². The number of hydrogen-bond acceptors (Lipinski definition) is 4. The van der Waals surface area contributed by atoms with Crippen molar-refractivity contribution in [1.82, 2.24) is 0 Å². The van der Waals surface area contributed by atoms with Crippen molar-refractivity contribution in [1.29, 1.82) is 0 Å². The van der Waals surface area contributed by atoms with Crippen LogP contribution in [0.4, 0.5) is 0 Å². The summed E-state index contributed by atoms with van der Waals surface area (Å²) >= 11 is 0. The van der Waals surface area contributed by atoms with Gasteiger partial charge in [-0.05, 0) is 0 Å². The van der Waals surface area contributed by atoms with Gasteiger partial charge in [0.15, 0.2) is 12.2 Å². The van der Waals surface area contributed by atoms with Crippen LogP contribution in [0.2, 0.25) is 0 Å². The maximum atomic E-state index is 9.77. The zero-order valence-corrected chi connectivity index (χ0v) is 4.76. The van der Waals surface area contributed by atoms with Gasteiger partial charge in [-0.25, -0.2) is 9.59 Å². The van der Waals surface area contributed by atoms with E-state index in [4.69, 9.17) is 20.4 Å². The molecule has 0 rings (SSSR count). The van der Waals surface area contributed by atoms with Gasteiger partial charge in [-0.15, -0.1) is 0 Å². The molecule has 0 aliphatic heterocycles. The molecule has 2 atom stereocenters. The second-order valence-electron chi connectivity index (χ2n) is 1.57. The molecule has 0 saturated carbocycles. The van der Waals surface area contributed by atoms with Crippen LogP contribution in [0.1, 0.15) is 0 Å². The average molecular weight is 286 g/mol. The van der Waals surface area contributed by atoms with Crippen molar-refractivity contribution in [2.45, 2.75) is 12.2 Å². The summed E-state index contributed by atoms with van der Waals surface area (Å²) in [4.78, 5) is 19.5. The van der Waals surface area contributed by atoms with Crippen LogP contribution in [0.25, 0.3) is 0 Å². The quantitative estimate of drug-likeness (QED) is 0.385. The van der Waals surface area contributed by atoms with Crippen LogP contribution >= 0.6 is 0 Å². The first-order chi connectivity index (χ1) is 4.46. The second-order valence-corrected chi connectivity index (χ2v) is 1.57. The van der Waals surface area contributed by atoms with Gasteiger partial charge >= 0.3 is 182 Å². The molecule has 15 heavy (non-hydrogen) atoms. The maximum absolute atomic E-state index is 9.77. The summed E-state index contributed by atoms with van der Waals surface area (Å²) < 4.78 is 0. The molecule has 4 N–H and O–H groups in total. The number of carboxylic acid groups (broad SMARTS) is 2. The van der Waals surface area contributed by atoms with Gasteiger partial charge in [-0.1, -0.05) is 0 Å². The first-order valence-electron chi connectivity index (χ1n) is 2.28. The molecule has 0 spiro atoms. The number of hydrogen-bond donors (Lipinski definition) is 4. The summed E-state index contributed by atoms with van der Waals surface area (Å²) in [5.41, 5.74) is 0. The van der Waals surface area contributed by atoms with Gasteiger partial charge in [-0.3, -0.25) is 0 Å². The Kier molecular flexibility index (Phi) is 50.8. The van der Waals surface area contributed by atoms with E-state index in [0.717, 1.165) is 0 Å². The molecule has 0 aliphatic carbocycles. The molecular weight excluding hydrogens is 275 g/mol. The Bertz CT molecular complexity index is 151. The molecule has 0 aromatic carbocycles. The average Bonchev–Trinajstić information content (AvgIpc) is 1.84. The third kappa shape index (κ3) is 18.5. The Morgan fingerprint density at radius 3 is 0.933 bits per heavy atom. The molecule has 0 fully saturated rings. The molecule has 6 nitrogen and oxygen atoms in total. The van der Waals surface area contributed by atoms with E-state index in [0.29, 0.717) is 0 Å². The van der Waals surface area contributed by atoms with E-state index < -0.39 is 24.1 Å². The fraction of sp³-hybridized carbons (Fsp3) is 0.500. The number of aliphatic hydroxyl groups excluding tert-OH is 2. The topological polar surface area (TPSA) is 115 Å². The van der Waals surface area contributed by atoms with Crippen LogP contribution < -0.4 is 0 Å². The molecule has 0 aliphatic rings. The fourth-order valence-electron chi connectivity index (χ4n) is 0.270. The molecule has 0 heterocycles. The van der Waals surface area contributed by atoms with Crippen molar-refractivity contribution < 1.29 is 30.0 Å². The van der Waals surface area contributed by atoms with E-state index in [1.165, 1.54) is 0 Å². The molecular formula is C4H11KNa4O6. The van der Waals surface area contributed by atoms with Crippen molar-refractivity contribution in [3.05, 3.63) is 0 Å². The molecule has 0 aromatic rings. The Morgan fingerprint density at radius 2 is 0.867 bits per heavy atom. The zero-order valence-electron chi connectivity index (χ0n) is 4.76. The van der Waals surface area contributed by atoms with Crippen LogP contribution in [0.5, 0.6) is 0 Å². The van der Waals surface area contributed by atoms with Crippen molar-refractivity contribution >= 4 is 182 Å². The molecule has 2 unspecified atom stereocenters. The van der Waals surface area contributed by atoms with Gasteiger partial charge in [0.2, 0.25) is 0 Å². The molecule has 11 heteroatoms. The predicted octanol–water partition coefficient (Wildman–Crippen LogP) is -5.37. The summed E-state index contributed by atoms with van der Waals surface area (Å²) in [7, 11) is 0. The molecule has 0 saturated heterocycles. The summed E-state index contributed by atoms with van der Waals surface area (Å²) in [6, 6.07) is 0. The van der Waals surface area contributed by atoms with Gasteiger partial charge in [0.1, 0.15) is 0 Å². The molecule has 0 bridgehead atoms. The summed E-state index contributed by atoms with van der Waals surface area (Å²) in [6.45, 7) is 0. The molecule has 0 amide bonds. The van der Waals surface area contributed by atoms with E-state index in [1.807, 2.05) is 0 Å². The van der Waals surface area contributed by atoms with Crippen LogP contribution in [-0.2, 0) is 9.59 Å². The minimum atomic E-state index is -2.27. The monoisotopic (exact) mass is 286 g/mol. The van der Waals surface area contributed by atoms with Gasteiger partial charge in [0.05, 0.1) is 0 Å². The van der Waals surface area contributed by atoms with Crippen LogP contribution in [-0.4, -0.2) is 214 Å². The Labute approximate surface area is 218 Å². The van der Waals surface area contributed by atoms with E-state index in [2.05, 4.69) is 0 Å². The predicted molar refractivity (Wildman–Crippen MR) is 63.0 cm³/mol. The van der Waals surface area contributed by atoms with Crippen molar-refractivity contribution in [2.75, 3.05) is 0 Å². The van der Waals surface area contributed by atoms with Crippen molar-refractivity contribution in [3.8, 4) is 0 Å². The Balaban J connectivity index is -0.0000000405. The van der Waals surface area contributed by atoms with Crippen LogP contribution in [0.15, 0.2) is 0 Å². The number of rotatable bonds is 3. The van der Waals surface area contributed by atoms with Crippen molar-refractivity contribution in [2.24, 2.45) is 0 Å². The number of aliphatic hydroxyl groups is 2. The first kappa shape index (κ1) is 36.6. The van der Waals surface area contributed by atoms with Crippen LogP contribution in [0, 0.1) is 0 Å². The molecule has 0 radical (unpaired) electrons. The number of aliphatic carboxylic acids is 2. The molecule has 0 aromatic heterocycles. The van der Waals surface area contributed by atoms with Crippen LogP contribution in [0.3, 0.4) is 0 Å². The Morgan fingerprint density at radius 1 is 0.733 bits per heavy atom. The minimum absolute atomic E-state index is 0. The van der Waals surface area contributed by atoms with Gasteiger partial charge in [0, 0.05) is 0 Å². The number of carbonyl (C=O) groups is 2. The summed E-state index contributed by atoms with van der Waals surface area (Å²) in [5.74, 6) is -3.54. The number of carboxylic acids is 2. The summed E-state index contributed by atoms with van der Waals surface area (Å²) in [5, 5.41) is 32.5. The normalized spacial score (nSPS) is 10.5. The van der Waals surface area contributed by atoms with Gasteiger partial charge in [-0.2, -0.15) is 0 Å². The van der Waals surface area contributed by atoms with Gasteiger partial charge in [0.25, 0.3) is 0 Å². The van der Waals surface area contributed by atoms with E-state index >= 15 is 0 Å². The first-order valence-corrected chi connectivity index (χ1v) is 2.28. The van der Waals surface area contributed by atoms with E-state index in [-0.39, 0.29) is 170 Å². The third-order valence-corrected chi connectivity index (χ3v) is 0.805. The third-order valence-electron chi connectivity index (χ3n) is 0.805. The van der Waals surface area contributed by atoms with Gasteiger partial charge < -0.3 is 20.4 Å². The fourth-order valence-corrected chi connectivity index (χ4v) is 0.270. The summed E-state index contributed by atoms with van der Waals surface area (Å²) in [6.07, 6.45) is -4.53. The Hall–Kier alpha value is 4.50. The second kappa shape index (κ2) is 20.8. The zero-order chi connectivity index (χ0) is 8.31. The van der Waals surface area contributed by atoms with E-state index in [9.17, 15) is 9.59 Å². The molecule has 68 valence electrons.